The Labute approximate surface area is 214 Å². The molecule has 1 aromatic heterocycles. The number of hydrogen-bond donors (Lipinski definition) is 0. The fourth-order valence-electron chi connectivity index (χ4n) is 5.04. The summed E-state index contributed by atoms with van der Waals surface area (Å²) in [6, 6.07) is 15.6. The third-order valence-corrected chi connectivity index (χ3v) is 7.28. The largest absolute Gasteiger partial charge is 0.423 e. The van der Waals surface area contributed by atoms with Crippen molar-refractivity contribution < 1.29 is 9.53 Å². The van der Waals surface area contributed by atoms with Gasteiger partial charge in [-0.15, -0.1) is 0 Å². The van der Waals surface area contributed by atoms with Gasteiger partial charge in [-0.1, -0.05) is 45.4 Å². The van der Waals surface area contributed by atoms with Crippen LogP contribution in [0.25, 0.3) is 11.4 Å². The molecule has 186 valence electrons. The van der Waals surface area contributed by atoms with E-state index in [2.05, 4.69) is 16.9 Å². The van der Waals surface area contributed by atoms with Crippen molar-refractivity contribution in [3.63, 3.8) is 0 Å². The van der Waals surface area contributed by atoms with Crippen molar-refractivity contribution in [2.24, 2.45) is 5.92 Å². The number of carbonyl (C=O) groups is 1. The van der Waals surface area contributed by atoms with E-state index in [1.54, 1.807) is 36.4 Å². The van der Waals surface area contributed by atoms with E-state index < -0.39 is 5.97 Å². The second kappa shape index (κ2) is 13.0. The summed E-state index contributed by atoms with van der Waals surface area (Å²) in [6.07, 6.45) is 17.3. The van der Waals surface area contributed by atoms with Gasteiger partial charge in [0.15, 0.2) is 5.82 Å². The predicted molar refractivity (Wildman–Crippen MR) is 142 cm³/mol. The standard InChI is InChI=1S/C31H35N3O2/c1-2-3-4-5-6-7-23-8-12-25(13-9-23)28-21-33-30(34-22-28)26-16-18-29(19-17-26)36-31(35)27-14-10-24(20-32)11-15-27/h10-11,14-19,21-23,25H,2-9,12-13H2,1H3. The van der Waals surface area contributed by atoms with Crippen molar-refractivity contribution in [3.8, 4) is 23.2 Å². The number of nitrogens with zero attached hydrogens (tertiary/aromatic N) is 3. The topological polar surface area (TPSA) is 75.9 Å². The molecular weight excluding hydrogens is 446 g/mol. The molecule has 1 heterocycles. The molecule has 0 N–H and O–H groups in total. The number of nitriles is 1. The average molecular weight is 482 g/mol. The zero-order valence-corrected chi connectivity index (χ0v) is 21.2. The van der Waals surface area contributed by atoms with Crippen molar-refractivity contribution >= 4 is 5.97 Å². The summed E-state index contributed by atoms with van der Waals surface area (Å²) in [5, 5.41) is 8.88. The van der Waals surface area contributed by atoms with E-state index in [0.29, 0.717) is 28.6 Å². The Kier molecular flexibility index (Phi) is 9.21. The van der Waals surface area contributed by atoms with E-state index in [4.69, 9.17) is 10.00 Å². The Morgan fingerprint density at radius 2 is 1.58 bits per heavy atom. The Morgan fingerprint density at radius 1 is 0.917 bits per heavy atom. The quantitative estimate of drug-likeness (QED) is 0.167. The normalized spacial score (nSPS) is 17.3. The number of carbonyl (C=O) groups excluding carboxylic acids is 1. The molecule has 36 heavy (non-hydrogen) atoms. The van der Waals surface area contributed by atoms with Gasteiger partial charge in [0.2, 0.25) is 0 Å². The first-order chi connectivity index (χ1) is 17.7. The number of ether oxygens (including phenoxy) is 1. The third-order valence-electron chi connectivity index (χ3n) is 7.28. The lowest BCUT2D eigenvalue weighted by Gasteiger charge is -2.28. The van der Waals surface area contributed by atoms with E-state index in [9.17, 15) is 4.79 Å². The van der Waals surface area contributed by atoms with Gasteiger partial charge in [-0.3, -0.25) is 0 Å². The Hall–Kier alpha value is -3.52. The molecule has 5 heteroatoms. The van der Waals surface area contributed by atoms with Crippen molar-refractivity contribution in [3.05, 3.63) is 77.6 Å². The molecule has 3 aromatic rings. The Morgan fingerprint density at radius 3 is 2.22 bits per heavy atom. The second-order valence-corrected chi connectivity index (χ2v) is 9.86. The van der Waals surface area contributed by atoms with Crippen LogP contribution in [0.1, 0.15) is 98.5 Å². The smallest absolute Gasteiger partial charge is 0.343 e. The fraction of sp³-hybridized carbons (Fsp3) is 0.419. The summed E-state index contributed by atoms with van der Waals surface area (Å²) >= 11 is 0. The molecule has 0 atom stereocenters. The van der Waals surface area contributed by atoms with E-state index in [0.717, 1.165) is 11.5 Å². The highest BCUT2D eigenvalue weighted by atomic mass is 16.5. The van der Waals surface area contributed by atoms with Crippen molar-refractivity contribution in [1.29, 1.82) is 5.26 Å². The number of hydrogen-bond acceptors (Lipinski definition) is 5. The monoisotopic (exact) mass is 481 g/mol. The molecule has 5 nitrogen and oxygen atoms in total. The van der Waals surface area contributed by atoms with Crippen LogP contribution in [0.15, 0.2) is 60.9 Å². The highest BCUT2D eigenvalue weighted by Crippen LogP contribution is 2.37. The molecule has 1 aliphatic rings. The van der Waals surface area contributed by atoms with E-state index in [-0.39, 0.29) is 0 Å². The first-order valence-corrected chi connectivity index (χ1v) is 13.3. The molecule has 0 bridgehead atoms. The molecular formula is C31H35N3O2. The maximum atomic E-state index is 12.3. The maximum absolute atomic E-state index is 12.3. The van der Waals surface area contributed by atoms with Gasteiger partial charge in [0.05, 0.1) is 17.2 Å². The van der Waals surface area contributed by atoms with Crippen LogP contribution >= 0.6 is 0 Å². The molecule has 4 rings (SSSR count). The van der Waals surface area contributed by atoms with Crippen LogP contribution in [0.2, 0.25) is 0 Å². The molecule has 1 saturated carbocycles. The number of aromatic nitrogens is 2. The predicted octanol–water partition coefficient (Wildman–Crippen LogP) is 7.87. The van der Waals surface area contributed by atoms with Crippen LogP contribution in [0.4, 0.5) is 0 Å². The van der Waals surface area contributed by atoms with Crippen LogP contribution < -0.4 is 4.74 Å². The first-order valence-electron chi connectivity index (χ1n) is 13.3. The lowest BCUT2D eigenvalue weighted by atomic mass is 9.77. The minimum atomic E-state index is -0.459. The first kappa shape index (κ1) is 25.6. The molecule has 0 unspecified atom stereocenters. The molecule has 2 aromatic carbocycles. The molecule has 0 aliphatic heterocycles. The third kappa shape index (κ3) is 7.01. The van der Waals surface area contributed by atoms with Crippen molar-refractivity contribution in [2.45, 2.75) is 77.0 Å². The zero-order chi connectivity index (χ0) is 25.2. The van der Waals surface area contributed by atoms with Gasteiger partial charge in [0, 0.05) is 18.0 Å². The van der Waals surface area contributed by atoms with E-state index in [1.807, 2.05) is 30.6 Å². The summed E-state index contributed by atoms with van der Waals surface area (Å²) in [5.74, 6) is 2.13. The van der Waals surface area contributed by atoms with Gasteiger partial charge >= 0.3 is 5.97 Å². The fourth-order valence-corrected chi connectivity index (χ4v) is 5.04. The average Bonchev–Trinajstić information content (AvgIpc) is 2.94. The summed E-state index contributed by atoms with van der Waals surface area (Å²) in [7, 11) is 0. The number of rotatable bonds is 10. The van der Waals surface area contributed by atoms with Crippen LogP contribution in [-0.2, 0) is 0 Å². The van der Waals surface area contributed by atoms with Gasteiger partial charge in [-0.05, 0) is 91.6 Å². The molecule has 0 radical (unpaired) electrons. The maximum Gasteiger partial charge on any atom is 0.343 e. The van der Waals surface area contributed by atoms with Crippen LogP contribution in [-0.4, -0.2) is 15.9 Å². The van der Waals surface area contributed by atoms with Crippen molar-refractivity contribution in [2.75, 3.05) is 0 Å². The summed E-state index contributed by atoms with van der Waals surface area (Å²) in [4.78, 5) is 21.6. The molecule has 0 saturated heterocycles. The molecule has 1 fully saturated rings. The van der Waals surface area contributed by atoms with Gasteiger partial charge in [-0.25, -0.2) is 14.8 Å². The molecule has 1 aliphatic carbocycles. The second-order valence-electron chi connectivity index (χ2n) is 9.86. The lowest BCUT2D eigenvalue weighted by molar-refractivity contribution is 0.0735. The minimum Gasteiger partial charge on any atom is -0.423 e. The van der Waals surface area contributed by atoms with E-state index in [1.165, 1.54) is 69.8 Å². The van der Waals surface area contributed by atoms with E-state index >= 15 is 0 Å². The SMILES string of the molecule is CCCCCCCC1CCC(c2cnc(-c3ccc(OC(=O)c4ccc(C#N)cc4)cc3)nc2)CC1. The van der Waals surface area contributed by atoms with Gasteiger partial charge in [0.25, 0.3) is 0 Å². The van der Waals surface area contributed by atoms with Gasteiger partial charge in [-0.2, -0.15) is 5.26 Å². The molecule has 0 amide bonds. The summed E-state index contributed by atoms with van der Waals surface area (Å²) in [6.45, 7) is 2.27. The number of benzene rings is 2. The van der Waals surface area contributed by atoms with Crippen molar-refractivity contribution in [1.82, 2.24) is 9.97 Å². The Balaban J connectivity index is 1.27. The Bertz CT molecular complexity index is 1140. The van der Waals surface area contributed by atoms with Gasteiger partial charge < -0.3 is 4.74 Å². The highest BCUT2D eigenvalue weighted by Gasteiger charge is 2.22. The lowest BCUT2D eigenvalue weighted by Crippen LogP contribution is -2.14. The number of esters is 1. The minimum absolute atomic E-state index is 0.401. The summed E-state index contributed by atoms with van der Waals surface area (Å²) in [5.41, 5.74) is 3.03. The zero-order valence-electron chi connectivity index (χ0n) is 21.2. The number of unbranched alkanes of at least 4 members (excludes halogenated alkanes) is 4. The van der Waals surface area contributed by atoms with Gasteiger partial charge in [0.1, 0.15) is 5.75 Å². The van der Waals surface area contributed by atoms with Crippen LogP contribution in [0.5, 0.6) is 5.75 Å². The van der Waals surface area contributed by atoms with Crippen LogP contribution in [0, 0.1) is 17.2 Å². The summed E-state index contributed by atoms with van der Waals surface area (Å²) < 4.78 is 5.45. The highest BCUT2D eigenvalue weighted by molar-refractivity contribution is 5.91. The molecule has 0 spiro atoms. The van der Waals surface area contributed by atoms with Crippen LogP contribution in [0.3, 0.4) is 0 Å².